The molecule has 9 nitrogen and oxygen atoms in total. The van der Waals surface area contributed by atoms with Crippen LogP contribution < -0.4 is 15.4 Å². The summed E-state index contributed by atoms with van der Waals surface area (Å²) in [6.07, 6.45) is -4.85. The number of benzene rings is 1. The number of urea groups is 1. The molecule has 0 bridgehead atoms. The van der Waals surface area contributed by atoms with E-state index in [0.717, 1.165) is 17.0 Å². The van der Waals surface area contributed by atoms with Crippen molar-refractivity contribution in [1.82, 2.24) is 20.0 Å². The molecule has 0 saturated carbocycles. The molecule has 1 aliphatic heterocycles. The van der Waals surface area contributed by atoms with E-state index in [1.807, 2.05) is 0 Å². The Balaban J connectivity index is 1.73. The molecule has 4 amide bonds. The van der Waals surface area contributed by atoms with E-state index in [1.54, 1.807) is 20.0 Å². The van der Waals surface area contributed by atoms with Gasteiger partial charge in [0.25, 0.3) is 5.91 Å². The largest absolute Gasteiger partial charge is 0.573 e. The summed E-state index contributed by atoms with van der Waals surface area (Å²) in [5.41, 5.74) is -0.633. The van der Waals surface area contributed by atoms with Crippen LogP contribution in [0.2, 0.25) is 0 Å². The second-order valence-electron chi connectivity index (χ2n) is 6.86. The number of nitrogens with zero attached hydrogens (tertiary/aromatic N) is 3. The lowest BCUT2D eigenvalue weighted by Gasteiger charge is -2.22. The van der Waals surface area contributed by atoms with Crippen LogP contribution in [0.4, 0.5) is 23.8 Å². The molecule has 3 rings (SSSR count). The summed E-state index contributed by atoms with van der Waals surface area (Å²) < 4.78 is 42.1. The van der Waals surface area contributed by atoms with Crippen molar-refractivity contribution in [3.05, 3.63) is 41.6 Å². The van der Waals surface area contributed by atoms with Crippen LogP contribution in [0.3, 0.4) is 0 Å². The lowest BCUT2D eigenvalue weighted by Crippen LogP contribution is -2.42. The molecular formula is C18H18F3N5O4. The Bertz CT molecular complexity index is 1000. The van der Waals surface area contributed by atoms with Gasteiger partial charge in [-0.3, -0.25) is 19.2 Å². The van der Waals surface area contributed by atoms with Crippen LogP contribution in [-0.4, -0.2) is 45.4 Å². The standard InChI is InChI=1S/C18H18F3N5O4/c1-10-8-13(25(3)24-10)22-14(27)9-26-15(28)17(2,23-16(26)29)11-4-6-12(7-5-11)30-18(19,20)21/h4-8H,9H2,1-3H3,(H,22,27)(H,23,29). The predicted molar refractivity (Wildman–Crippen MR) is 97.3 cm³/mol. The minimum Gasteiger partial charge on any atom is -0.406 e. The third-order valence-corrected chi connectivity index (χ3v) is 4.51. The minimum absolute atomic E-state index is 0.237. The topological polar surface area (TPSA) is 106 Å². The summed E-state index contributed by atoms with van der Waals surface area (Å²) in [5.74, 6) is -1.39. The number of aryl methyl sites for hydroxylation is 2. The highest BCUT2D eigenvalue weighted by molar-refractivity contribution is 6.10. The van der Waals surface area contributed by atoms with Crippen molar-refractivity contribution in [3.8, 4) is 5.75 Å². The van der Waals surface area contributed by atoms with Gasteiger partial charge < -0.3 is 15.4 Å². The third kappa shape index (κ3) is 4.21. The third-order valence-electron chi connectivity index (χ3n) is 4.51. The number of carbonyl (C=O) groups is 3. The van der Waals surface area contributed by atoms with E-state index >= 15 is 0 Å². The van der Waals surface area contributed by atoms with Gasteiger partial charge in [-0.1, -0.05) is 12.1 Å². The lowest BCUT2D eigenvalue weighted by atomic mass is 9.92. The molecule has 1 saturated heterocycles. The van der Waals surface area contributed by atoms with Gasteiger partial charge in [-0.05, 0) is 31.5 Å². The monoisotopic (exact) mass is 425 g/mol. The first-order chi connectivity index (χ1) is 13.9. The molecule has 1 aromatic heterocycles. The summed E-state index contributed by atoms with van der Waals surface area (Å²) in [5, 5.41) is 9.11. The number of carbonyl (C=O) groups excluding carboxylic acids is 3. The molecular weight excluding hydrogens is 407 g/mol. The highest BCUT2D eigenvalue weighted by atomic mass is 19.4. The number of alkyl halides is 3. The molecule has 1 atom stereocenters. The SMILES string of the molecule is Cc1cc(NC(=O)CN2C(=O)NC(C)(c3ccc(OC(F)(F)F)cc3)C2=O)n(C)n1. The van der Waals surface area contributed by atoms with E-state index in [0.29, 0.717) is 11.5 Å². The average molecular weight is 425 g/mol. The number of amides is 4. The number of aromatic nitrogens is 2. The van der Waals surface area contributed by atoms with E-state index in [4.69, 9.17) is 0 Å². The number of ether oxygens (including phenoxy) is 1. The van der Waals surface area contributed by atoms with Gasteiger partial charge in [0.05, 0.1) is 5.69 Å². The Morgan fingerprint density at radius 1 is 1.27 bits per heavy atom. The number of halogens is 3. The van der Waals surface area contributed by atoms with Gasteiger partial charge in [0.1, 0.15) is 23.7 Å². The summed E-state index contributed by atoms with van der Waals surface area (Å²) in [7, 11) is 1.62. The quantitative estimate of drug-likeness (QED) is 0.714. The Kier molecular flexibility index (Phi) is 5.18. The molecule has 2 aromatic rings. The summed E-state index contributed by atoms with van der Waals surface area (Å²) in [6, 6.07) is 5.37. The normalized spacial score (nSPS) is 19.1. The lowest BCUT2D eigenvalue weighted by molar-refractivity contribution is -0.274. The van der Waals surface area contributed by atoms with Crippen molar-refractivity contribution in [3.63, 3.8) is 0 Å². The van der Waals surface area contributed by atoms with Crippen LogP contribution in [0.25, 0.3) is 0 Å². The molecule has 1 aliphatic rings. The Labute approximate surface area is 168 Å². The second kappa shape index (κ2) is 7.35. The summed E-state index contributed by atoms with van der Waals surface area (Å²) in [4.78, 5) is 38.2. The molecule has 2 heterocycles. The number of anilines is 1. The van der Waals surface area contributed by atoms with Crippen molar-refractivity contribution < 1.29 is 32.3 Å². The van der Waals surface area contributed by atoms with E-state index in [-0.39, 0.29) is 5.56 Å². The van der Waals surface area contributed by atoms with Gasteiger partial charge in [-0.25, -0.2) is 4.79 Å². The molecule has 0 radical (unpaired) electrons. The van der Waals surface area contributed by atoms with Gasteiger partial charge in [-0.15, -0.1) is 13.2 Å². The van der Waals surface area contributed by atoms with E-state index in [2.05, 4.69) is 20.5 Å². The fourth-order valence-electron chi connectivity index (χ4n) is 3.08. The molecule has 12 heteroatoms. The number of rotatable bonds is 5. The molecule has 1 unspecified atom stereocenters. The molecule has 2 N–H and O–H groups in total. The van der Waals surface area contributed by atoms with E-state index in [9.17, 15) is 27.6 Å². The van der Waals surface area contributed by atoms with Gasteiger partial charge >= 0.3 is 12.4 Å². The molecule has 1 fully saturated rings. The minimum atomic E-state index is -4.85. The zero-order valence-electron chi connectivity index (χ0n) is 16.2. The van der Waals surface area contributed by atoms with Crippen molar-refractivity contribution >= 4 is 23.7 Å². The van der Waals surface area contributed by atoms with Crippen molar-refractivity contribution in [2.75, 3.05) is 11.9 Å². The van der Waals surface area contributed by atoms with Crippen LogP contribution in [-0.2, 0) is 22.2 Å². The van der Waals surface area contributed by atoms with Crippen molar-refractivity contribution in [1.29, 1.82) is 0 Å². The smallest absolute Gasteiger partial charge is 0.406 e. The first-order valence-electron chi connectivity index (χ1n) is 8.70. The zero-order valence-corrected chi connectivity index (χ0v) is 16.2. The fraction of sp³-hybridized carbons (Fsp3) is 0.333. The maximum absolute atomic E-state index is 12.8. The Hall–Kier alpha value is -3.57. The summed E-state index contributed by atoms with van der Waals surface area (Å²) >= 11 is 0. The molecule has 30 heavy (non-hydrogen) atoms. The second-order valence-corrected chi connectivity index (χ2v) is 6.86. The molecule has 0 aliphatic carbocycles. The number of nitrogens with one attached hydrogen (secondary N) is 2. The van der Waals surface area contributed by atoms with Crippen LogP contribution in [0.15, 0.2) is 30.3 Å². The fourth-order valence-corrected chi connectivity index (χ4v) is 3.08. The number of imide groups is 1. The Morgan fingerprint density at radius 3 is 2.43 bits per heavy atom. The molecule has 0 spiro atoms. The highest BCUT2D eigenvalue weighted by Gasteiger charge is 2.49. The van der Waals surface area contributed by atoms with Crippen LogP contribution in [0, 0.1) is 6.92 Å². The van der Waals surface area contributed by atoms with Crippen molar-refractivity contribution in [2.45, 2.75) is 25.7 Å². The number of hydrogen-bond donors (Lipinski definition) is 2. The Morgan fingerprint density at radius 2 is 1.90 bits per heavy atom. The summed E-state index contributed by atoms with van der Waals surface area (Å²) in [6.45, 7) is 2.60. The van der Waals surface area contributed by atoms with Crippen LogP contribution in [0.1, 0.15) is 18.2 Å². The maximum atomic E-state index is 12.8. The van der Waals surface area contributed by atoms with Crippen LogP contribution >= 0.6 is 0 Å². The van der Waals surface area contributed by atoms with Gasteiger partial charge in [0.2, 0.25) is 5.91 Å². The molecule has 1 aromatic carbocycles. The van der Waals surface area contributed by atoms with E-state index < -0.39 is 42.0 Å². The average Bonchev–Trinajstić information content (AvgIpc) is 3.05. The molecule has 160 valence electrons. The van der Waals surface area contributed by atoms with Crippen LogP contribution in [0.5, 0.6) is 5.75 Å². The highest BCUT2D eigenvalue weighted by Crippen LogP contribution is 2.31. The predicted octanol–water partition coefficient (Wildman–Crippen LogP) is 2.03. The van der Waals surface area contributed by atoms with E-state index in [1.165, 1.54) is 23.7 Å². The van der Waals surface area contributed by atoms with Gasteiger partial charge in [0.15, 0.2) is 0 Å². The first kappa shape index (κ1) is 21.1. The first-order valence-corrected chi connectivity index (χ1v) is 8.70. The van der Waals surface area contributed by atoms with Gasteiger partial charge in [0, 0.05) is 13.1 Å². The number of hydrogen-bond acceptors (Lipinski definition) is 5. The maximum Gasteiger partial charge on any atom is 0.573 e. The zero-order chi connectivity index (χ0) is 22.3. The van der Waals surface area contributed by atoms with Gasteiger partial charge in [-0.2, -0.15) is 5.10 Å². The van der Waals surface area contributed by atoms with Crippen molar-refractivity contribution in [2.24, 2.45) is 7.05 Å².